The van der Waals surface area contributed by atoms with Crippen molar-refractivity contribution in [2.45, 2.75) is 45.2 Å². The highest BCUT2D eigenvalue weighted by Crippen LogP contribution is 2.26. The Morgan fingerprint density at radius 1 is 1.10 bits per heavy atom. The van der Waals surface area contributed by atoms with Crippen LogP contribution in [0.15, 0.2) is 53.5 Å². The van der Waals surface area contributed by atoms with E-state index >= 15 is 0 Å². The molecule has 0 bridgehead atoms. The molecule has 2 aliphatic heterocycles. The summed E-state index contributed by atoms with van der Waals surface area (Å²) in [6.45, 7) is 7.92. The third kappa shape index (κ3) is 5.76. The minimum Gasteiger partial charge on any atom is -0.493 e. The Morgan fingerprint density at radius 3 is 2.73 bits per heavy atom. The third-order valence-electron chi connectivity index (χ3n) is 5.95. The van der Waals surface area contributed by atoms with Crippen LogP contribution >= 0.6 is 0 Å². The van der Waals surface area contributed by atoms with Gasteiger partial charge in [-0.15, -0.1) is 0 Å². The van der Waals surface area contributed by atoms with Gasteiger partial charge in [-0.2, -0.15) is 0 Å². The molecule has 1 saturated heterocycles. The maximum atomic E-state index is 5.60. The van der Waals surface area contributed by atoms with Crippen molar-refractivity contribution in [2.75, 3.05) is 32.8 Å². The van der Waals surface area contributed by atoms with E-state index in [0.29, 0.717) is 6.04 Å². The van der Waals surface area contributed by atoms with Gasteiger partial charge in [-0.3, -0.25) is 9.89 Å². The second-order valence-electron chi connectivity index (χ2n) is 8.23. The second-order valence-corrected chi connectivity index (χ2v) is 8.23. The maximum Gasteiger partial charge on any atom is 0.191 e. The Bertz CT molecular complexity index is 828. The molecule has 0 radical (unpaired) electrons. The molecule has 30 heavy (non-hydrogen) atoms. The summed E-state index contributed by atoms with van der Waals surface area (Å²) in [7, 11) is 0. The van der Waals surface area contributed by atoms with Crippen molar-refractivity contribution in [3.8, 4) is 5.75 Å². The molecule has 160 valence electrons. The van der Waals surface area contributed by atoms with Crippen LogP contribution in [-0.2, 0) is 19.4 Å². The Morgan fingerprint density at radius 2 is 1.93 bits per heavy atom. The minimum absolute atomic E-state index is 0.493. The van der Waals surface area contributed by atoms with Gasteiger partial charge in [0.25, 0.3) is 0 Å². The number of benzene rings is 2. The molecular weight excluding hydrogens is 372 g/mol. The zero-order valence-electron chi connectivity index (χ0n) is 18.1. The lowest BCUT2D eigenvalue weighted by atomic mass is 10.0. The normalized spacial score (nSPS) is 17.4. The Balaban J connectivity index is 1.24. The molecule has 2 aromatic carbocycles. The van der Waals surface area contributed by atoms with Gasteiger partial charge in [0.2, 0.25) is 0 Å². The maximum absolute atomic E-state index is 5.60. The van der Waals surface area contributed by atoms with Crippen LogP contribution in [0, 0.1) is 0 Å². The molecule has 0 aliphatic carbocycles. The lowest BCUT2D eigenvalue weighted by Gasteiger charge is -2.33. The van der Waals surface area contributed by atoms with Crippen LogP contribution in [-0.4, -0.2) is 49.7 Å². The molecule has 0 spiro atoms. The summed E-state index contributed by atoms with van der Waals surface area (Å²) in [6.07, 6.45) is 4.29. The summed E-state index contributed by atoms with van der Waals surface area (Å²) in [5.41, 5.74) is 4.08. The van der Waals surface area contributed by atoms with Gasteiger partial charge in [-0.05, 0) is 48.9 Å². The number of likely N-dealkylation sites (tertiary alicyclic amines) is 1. The molecule has 0 atom stereocenters. The van der Waals surface area contributed by atoms with Crippen molar-refractivity contribution < 1.29 is 4.74 Å². The molecule has 0 amide bonds. The van der Waals surface area contributed by atoms with E-state index in [4.69, 9.17) is 9.73 Å². The predicted octanol–water partition coefficient (Wildman–Crippen LogP) is 3.38. The number of guanidine groups is 1. The minimum atomic E-state index is 0.493. The molecule has 5 heteroatoms. The van der Waals surface area contributed by atoms with Gasteiger partial charge in [0, 0.05) is 45.2 Å². The number of nitrogens with zero attached hydrogens (tertiary/aromatic N) is 2. The quantitative estimate of drug-likeness (QED) is 0.547. The molecule has 1 fully saturated rings. The molecule has 2 heterocycles. The lowest BCUT2D eigenvalue weighted by molar-refractivity contribution is 0.198. The smallest absolute Gasteiger partial charge is 0.191 e. The van der Waals surface area contributed by atoms with Gasteiger partial charge >= 0.3 is 0 Å². The largest absolute Gasteiger partial charge is 0.493 e. The summed E-state index contributed by atoms with van der Waals surface area (Å²) >= 11 is 0. The number of nitrogens with one attached hydrogen (secondary N) is 2. The fraction of sp³-hybridized carbons (Fsp3) is 0.480. The fourth-order valence-corrected chi connectivity index (χ4v) is 4.28. The van der Waals surface area contributed by atoms with E-state index in [2.05, 4.69) is 71.0 Å². The van der Waals surface area contributed by atoms with Gasteiger partial charge in [0.1, 0.15) is 5.75 Å². The third-order valence-corrected chi connectivity index (χ3v) is 5.95. The first-order chi connectivity index (χ1) is 14.8. The summed E-state index contributed by atoms with van der Waals surface area (Å²) < 4.78 is 5.60. The van der Waals surface area contributed by atoms with E-state index in [1.807, 2.05) is 0 Å². The zero-order valence-corrected chi connectivity index (χ0v) is 18.1. The molecule has 2 N–H and O–H groups in total. The van der Waals surface area contributed by atoms with E-state index < -0.39 is 0 Å². The van der Waals surface area contributed by atoms with Crippen molar-refractivity contribution in [3.05, 3.63) is 65.2 Å². The first kappa shape index (κ1) is 20.7. The standard InChI is InChI=1S/C25H34N4O/c1-2-26-25(27-14-10-20-8-9-24-22(18-20)13-17-30-24)28-23-11-15-29(16-12-23)19-21-6-4-3-5-7-21/h3-9,18,23H,2,10-17,19H2,1H3,(H2,26,27,28). The molecular formula is C25H34N4O. The van der Waals surface area contributed by atoms with E-state index in [0.717, 1.165) is 76.7 Å². The van der Waals surface area contributed by atoms with Crippen LogP contribution in [0.25, 0.3) is 0 Å². The molecule has 0 aromatic heterocycles. The number of hydrogen-bond acceptors (Lipinski definition) is 3. The zero-order chi connectivity index (χ0) is 20.6. The number of fused-ring (bicyclic) bond motifs is 1. The van der Waals surface area contributed by atoms with Crippen molar-refractivity contribution in [2.24, 2.45) is 4.99 Å². The first-order valence-corrected chi connectivity index (χ1v) is 11.4. The van der Waals surface area contributed by atoms with Gasteiger partial charge in [-0.25, -0.2) is 0 Å². The van der Waals surface area contributed by atoms with Crippen molar-refractivity contribution in [1.82, 2.24) is 15.5 Å². The molecule has 4 rings (SSSR count). The summed E-state index contributed by atoms with van der Waals surface area (Å²) in [5, 5.41) is 7.08. The van der Waals surface area contributed by atoms with Gasteiger partial charge < -0.3 is 15.4 Å². The van der Waals surface area contributed by atoms with Crippen LogP contribution in [0.4, 0.5) is 0 Å². The highest BCUT2D eigenvalue weighted by molar-refractivity contribution is 5.80. The van der Waals surface area contributed by atoms with E-state index in [9.17, 15) is 0 Å². The Kier molecular flexibility index (Phi) is 7.25. The number of rotatable bonds is 7. The highest BCUT2D eigenvalue weighted by atomic mass is 16.5. The van der Waals surface area contributed by atoms with Crippen LogP contribution in [0.2, 0.25) is 0 Å². The summed E-state index contributed by atoms with van der Waals surface area (Å²) in [6, 6.07) is 17.8. The van der Waals surface area contributed by atoms with Gasteiger partial charge in [0.05, 0.1) is 6.61 Å². The topological polar surface area (TPSA) is 48.9 Å². The van der Waals surface area contributed by atoms with E-state index in [-0.39, 0.29) is 0 Å². The second kappa shape index (κ2) is 10.5. The summed E-state index contributed by atoms with van der Waals surface area (Å²) in [4.78, 5) is 7.38. The lowest BCUT2D eigenvalue weighted by Crippen LogP contribution is -2.48. The van der Waals surface area contributed by atoms with E-state index in [1.54, 1.807) is 0 Å². The average molecular weight is 407 g/mol. The van der Waals surface area contributed by atoms with Crippen molar-refractivity contribution in [1.29, 1.82) is 0 Å². The molecule has 2 aromatic rings. The van der Waals surface area contributed by atoms with Crippen LogP contribution in [0.5, 0.6) is 5.75 Å². The SMILES string of the molecule is CCNC(=NCCc1ccc2c(c1)CCO2)NC1CCN(Cc2ccccc2)CC1. The summed E-state index contributed by atoms with van der Waals surface area (Å²) in [5.74, 6) is 2.00. The van der Waals surface area contributed by atoms with Crippen molar-refractivity contribution in [3.63, 3.8) is 0 Å². The monoisotopic (exact) mass is 406 g/mol. The number of piperidine rings is 1. The van der Waals surface area contributed by atoms with Crippen LogP contribution < -0.4 is 15.4 Å². The van der Waals surface area contributed by atoms with Crippen LogP contribution in [0.3, 0.4) is 0 Å². The van der Waals surface area contributed by atoms with Gasteiger partial charge in [-0.1, -0.05) is 42.5 Å². The average Bonchev–Trinajstić information content (AvgIpc) is 3.24. The number of ether oxygens (including phenoxy) is 1. The number of hydrogen-bond donors (Lipinski definition) is 2. The van der Waals surface area contributed by atoms with Crippen molar-refractivity contribution >= 4 is 5.96 Å². The van der Waals surface area contributed by atoms with Crippen LogP contribution in [0.1, 0.15) is 36.5 Å². The number of aliphatic imine (C=N–C) groups is 1. The fourth-order valence-electron chi connectivity index (χ4n) is 4.28. The predicted molar refractivity (Wildman–Crippen MR) is 123 cm³/mol. The molecule has 0 saturated carbocycles. The van der Waals surface area contributed by atoms with Gasteiger partial charge in [0.15, 0.2) is 5.96 Å². The Hall–Kier alpha value is -2.53. The molecule has 2 aliphatic rings. The first-order valence-electron chi connectivity index (χ1n) is 11.4. The Labute approximate surface area is 180 Å². The van der Waals surface area contributed by atoms with E-state index in [1.165, 1.54) is 16.7 Å². The molecule has 0 unspecified atom stereocenters. The highest BCUT2D eigenvalue weighted by Gasteiger charge is 2.20. The molecule has 5 nitrogen and oxygen atoms in total.